The third kappa shape index (κ3) is 1.09. The van der Waals surface area contributed by atoms with Gasteiger partial charge in [-0.05, 0) is 24.6 Å². The molecule has 0 bridgehead atoms. The zero-order chi connectivity index (χ0) is 8.60. The summed E-state index contributed by atoms with van der Waals surface area (Å²) >= 11 is 0. The molecule has 1 aromatic carbocycles. The monoisotopic (exact) mass is 159 g/mol. The van der Waals surface area contributed by atoms with Crippen molar-refractivity contribution in [2.45, 2.75) is 12.5 Å². The molecule has 12 heavy (non-hydrogen) atoms. The van der Waals surface area contributed by atoms with Gasteiger partial charge in [0.15, 0.2) is 0 Å². The topological polar surface area (TPSA) is 36.3 Å². The molecule has 1 atom stereocenters. The van der Waals surface area contributed by atoms with Gasteiger partial charge < -0.3 is 4.74 Å². The smallest absolute Gasteiger partial charge is 0.114 e. The van der Waals surface area contributed by atoms with Crippen LogP contribution in [0.2, 0.25) is 0 Å². The number of epoxide rings is 1. The predicted octanol–water partition coefficient (Wildman–Crippen LogP) is 1.80. The van der Waals surface area contributed by atoms with Gasteiger partial charge in [0.05, 0.1) is 18.2 Å². The number of nitriles is 1. The first-order valence-corrected chi connectivity index (χ1v) is 3.89. The number of hydrogen-bond donors (Lipinski definition) is 0. The van der Waals surface area contributed by atoms with Crippen LogP contribution in [-0.4, -0.2) is 6.61 Å². The van der Waals surface area contributed by atoms with Gasteiger partial charge in [0.25, 0.3) is 0 Å². The lowest BCUT2D eigenvalue weighted by atomic mass is 10.0. The molecule has 1 aliphatic rings. The molecule has 1 aromatic rings. The van der Waals surface area contributed by atoms with Gasteiger partial charge >= 0.3 is 0 Å². The fourth-order valence-corrected chi connectivity index (χ4v) is 1.19. The van der Waals surface area contributed by atoms with Crippen molar-refractivity contribution in [2.24, 2.45) is 0 Å². The summed E-state index contributed by atoms with van der Waals surface area (Å²) in [4.78, 5) is 0. The third-order valence-electron chi connectivity index (χ3n) is 2.18. The molecule has 1 unspecified atom stereocenters. The van der Waals surface area contributed by atoms with Gasteiger partial charge in [-0.3, -0.25) is 0 Å². The first-order valence-electron chi connectivity index (χ1n) is 3.89. The summed E-state index contributed by atoms with van der Waals surface area (Å²) in [6, 6.07) is 9.68. The Hall–Kier alpha value is -1.33. The SMILES string of the molecule is CC1(c2cccc(C#N)c2)CO1. The van der Waals surface area contributed by atoms with E-state index in [0.717, 1.165) is 12.2 Å². The zero-order valence-corrected chi connectivity index (χ0v) is 6.87. The van der Waals surface area contributed by atoms with Crippen molar-refractivity contribution in [2.75, 3.05) is 6.61 Å². The van der Waals surface area contributed by atoms with E-state index in [-0.39, 0.29) is 5.60 Å². The first kappa shape index (κ1) is 7.33. The molecule has 0 N–H and O–H groups in total. The van der Waals surface area contributed by atoms with E-state index >= 15 is 0 Å². The molecule has 0 aliphatic carbocycles. The molecule has 2 heteroatoms. The molecule has 1 heterocycles. The Morgan fingerprint density at radius 1 is 1.58 bits per heavy atom. The molecule has 0 saturated carbocycles. The molecular formula is C10H9NO. The number of ether oxygens (including phenoxy) is 1. The Labute approximate surface area is 71.4 Å². The normalized spacial score (nSPS) is 26.3. The Morgan fingerprint density at radius 2 is 2.33 bits per heavy atom. The van der Waals surface area contributed by atoms with Gasteiger partial charge in [-0.25, -0.2) is 0 Å². The minimum Gasteiger partial charge on any atom is -0.365 e. The lowest BCUT2D eigenvalue weighted by Crippen LogP contribution is -2.01. The van der Waals surface area contributed by atoms with Crippen molar-refractivity contribution < 1.29 is 4.74 Å². The maximum absolute atomic E-state index is 8.66. The molecule has 0 radical (unpaired) electrons. The van der Waals surface area contributed by atoms with Crippen molar-refractivity contribution in [1.82, 2.24) is 0 Å². The Balaban J connectivity index is 2.40. The van der Waals surface area contributed by atoms with Gasteiger partial charge in [-0.2, -0.15) is 5.26 Å². The van der Waals surface area contributed by atoms with Gasteiger partial charge in [0.1, 0.15) is 5.60 Å². The Kier molecular flexibility index (Phi) is 1.42. The highest BCUT2D eigenvalue weighted by Crippen LogP contribution is 2.37. The fourth-order valence-electron chi connectivity index (χ4n) is 1.19. The number of rotatable bonds is 1. The van der Waals surface area contributed by atoms with Crippen molar-refractivity contribution >= 4 is 0 Å². The van der Waals surface area contributed by atoms with Crippen molar-refractivity contribution in [3.8, 4) is 6.07 Å². The Bertz CT molecular complexity index is 347. The van der Waals surface area contributed by atoms with E-state index in [1.54, 1.807) is 6.07 Å². The van der Waals surface area contributed by atoms with Crippen molar-refractivity contribution in [3.63, 3.8) is 0 Å². The summed E-state index contributed by atoms with van der Waals surface area (Å²) in [6.45, 7) is 2.80. The van der Waals surface area contributed by atoms with Crippen LogP contribution in [0.5, 0.6) is 0 Å². The van der Waals surface area contributed by atoms with E-state index in [1.807, 2.05) is 25.1 Å². The van der Waals surface area contributed by atoms with Gasteiger partial charge in [-0.15, -0.1) is 0 Å². The molecule has 60 valence electrons. The van der Waals surface area contributed by atoms with E-state index in [4.69, 9.17) is 10.00 Å². The molecule has 1 aliphatic heterocycles. The van der Waals surface area contributed by atoms with Crippen molar-refractivity contribution in [3.05, 3.63) is 35.4 Å². The average Bonchev–Trinajstić information content (AvgIpc) is 2.85. The maximum atomic E-state index is 8.66. The van der Waals surface area contributed by atoms with E-state index in [9.17, 15) is 0 Å². The van der Waals surface area contributed by atoms with Crippen LogP contribution < -0.4 is 0 Å². The van der Waals surface area contributed by atoms with Crippen LogP contribution in [0.15, 0.2) is 24.3 Å². The summed E-state index contributed by atoms with van der Waals surface area (Å²) in [6.07, 6.45) is 0. The summed E-state index contributed by atoms with van der Waals surface area (Å²) < 4.78 is 5.27. The molecular weight excluding hydrogens is 150 g/mol. The minimum absolute atomic E-state index is 0.118. The number of nitrogens with zero attached hydrogens (tertiary/aromatic N) is 1. The highest BCUT2D eigenvalue weighted by molar-refractivity contribution is 5.36. The highest BCUT2D eigenvalue weighted by atomic mass is 16.6. The number of hydrogen-bond acceptors (Lipinski definition) is 2. The maximum Gasteiger partial charge on any atom is 0.114 e. The second-order valence-corrected chi connectivity index (χ2v) is 3.21. The van der Waals surface area contributed by atoms with Crippen LogP contribution >= 0.6 is 0 Å². The highest BCUT2D eigenvalue weighted by Gasteiger charge is 2.41. The molecule has 0 aromatic heterocycles. The summed E-state index contributed by atoms with van der Waals surface area (Å²) in [5.41, 5.74) is 1.68. The quantitative estimate of drug-likeness (QED) is 0.586. The van der Waals surface area contributed by atoms with Crippen LogP contribution in [0.3, 0.4) is 0 Å². The van der Waals surface area contributed by atoms with E-state index in [1.165, 1.54) is 0 Å². The molecule has 2 rings (SSSR count). The van der Waals surface area contributed by atoms with Gasteiger partial charge in [-0.1, -0.05) is 12.1 Å². The summed E-state index contributed by atoms with van der Waals surface area (Å²) in [5, 5.41) is 8.66. The molecule has 0 spiro atoms. The lowest BCUT2D eigenvalue weighted by Gasteiger charge is -2.04. The standard InChI is InChI=1S/C10H9NO/c1-10(7-12-10)9-4-2-3-8(5-9)6-11/h2-5H,7H2,1H3. The second kappa shape index (κ2) is 2.33. The van der Waals surface area contributed by atoms with Crippen LogP contribution in [0.25, 0.3) is 0 Å². The lowest BCUT2D eigenvalue weighted by molar-refractivity contribution is 0.329. The van der Waals surface area contributed by atoms with Crippen LogP contribution in [0.1, 0.15) is 18.1 Å². The van der Waals surface area contributed by atoms with Crippen LogP contribution in [0.4, 0.5) is 0 Å². The van der Waals surface area contributed by atoms with Crippen LogP contribution in [-0.2, 0) is 10.3 Å². The van der Waals surface area contributed by atoms with E-state index < -0.39 is 0 Å². The first-order chi connectivity index (χ1) is 5.74. The zero-order valence-electron chi connectivity index (χ0n) is 6.87. The molecule has 0 amide bonds. The summed E-state index contributed by atoms with van der Waals surface area (Å²) in [5.74, 6) is 0. The molecule has 2 nitrogen and oxygen atoms in total. The van der Waals surface area contributed by atoms with Crippen molar-refractivity contribution in [1.29, 1.82) is 5.26 Å². The molecule has 1 saturated heterocycles. The Morgan fingerprint density at radius 3 is 2.92 bits per heavy atom. The van der Waals surface area contributed by atoms with Crippen LogP contribution in [0, 0.1) is 11.3 Å². The largest absolute Gasteiger partial charge is 0.365 e. The second-order valence-electron chi connectivity index (χ2n) is 3.21. The summed E-state index contributed by atoms with van der Waals surface area (Å²) in [7, 11) is 0. The van der Waals surface area contributed by atoms with Gasteiger partial charge in [0, 0.05) is 0 Å². The fraction of sp³-hybridized carbons (Fsp3) is 0.300. The van der Waals surface area contributed by atoms with E-state index in [2.05, 4.69) is 6.07 Å². The van der Waals surface area contributed by atoms with E-state index in [0.29, 0.717) is 5.56 Å². The average molecular weight is 159 g/mol. The minimum atomic E-state index is -0.118. The third-order valence-corrected chi connectivity index (χ3v) is 2.18. The van der Waals surface area contributed by atoms with Gasteiger partial charge in [0.2, 0.25) is 0 Å². The molecule has 1 fully saturated rings. The predicted molar refractivity (Wildman–Crippen MR) is 44.5 cm³/mol. The number of benzene rings is 1.